The molecule has 0 bridgehead atoms. The summed E-state index contributed by atoms with van der Waals surface area (Å²) in [5, 5.41) is 9.53. The number of hydrogen-bond donors (Lipinski definition) is 3. The number of amides is 2. The number of likely N-dealkylation sites (tertiary alicyclic amines) is 1. The van der Waals surface area contributed by atoms with Gasteiger partial charge in [-0.25, -0.2) is 0 Å². The third-order valence-electron chi connectivity index (χ3n) is 5.31. The van der Waals surface area contributed by atoms with Gasteiger partial charge in [0.25, 0.3) is 5.91 Å². The van der Waals surface area contributed by atoms with Gasteiger partial charge in [-0.1, -0.05) is 12.1 Å². The summed E-state index contributed by atoms with van der Waals surface area (Å²) in [5.41, 5.74) is 1.19. The predicted molar refractivity (Wildman–Crippen MR) is 121 cm³/mol. The van der Waals surface area contributed by atoms with Gasteiger partial charge in [0.2, 0.25) is 5.91 Å². The monoisotopic (exact) mass is 429 g/mol. The molecule has 1 saturated heterocycles. The van der Waals surface area contributed by atoms with Crippen LogP contribution < -0.4 is 20.7 Å². The maximum atomic E-state index is 11.7. The molecule has 1 aromatic carbocycles. The minimum Gasteiger partial charge on any atom is -0.484 e. The lowest BCUT2D eigenvalue weighted by molar-refractivity contribution is -0.127. The summed E-state index contributed by atoms with van der Waals surface area (Å²) >= 11 is 0. The zero-order valence-corrected chi connectivity index (χ0v) is 18.5. The average Bonchev–Trinajstić information content (AvgIpc) is 3.49. The van der Waals surface area contributed by atoms with Gasteiger partial charge >= 0.3 is 0 Å². The van der Waals surface area contributed by atoms with E-state index >= 15 is 0 Å². The summed E-state index contributed by atoms with van der Waals surface area (Å²) < 4.78 is 5.54. The van der Waals surface area contributed by atoms with Crippen molar-refractivity contribution in [2.45, 2.75) is 51.5 Å². The van der Waals surface area contributed by atoms with Gasteiger partial charge in [0.15, 0.2) is 12.6 Å². The molecule has 2 aliphatic rings. The lowest BCUT2D eigenvalue weighted by Crippen LogP contribution is -2.38. The van der Waals surface area contributed by atoms with Crippen molar-refractivity contribution in [1.29, 1.82) is 0 Å². The Balaban J connectivity index is 1.33. The predicted octanol–water partition coefficient (Wildman–Crippen LogP) is 1.45. The van der Waals surface area contributed by atoms with E-state index in [0.29, 0.717) is 24.8 Å². The number of nitrogens with zero attached hydrogens (tertiary/aromatic N) is 2. The van der Waals surface area contributed by atoms with Crippen LogP contribution >= 0.6 is 0 Å². The van der Waals surface area contributed by atoms with E-state index in [1.54, 1.807) is 0 Å². The van der Waals surface area contributed by atoms with E-state index in [0.717, 1.165) is 64.2 Å². The van der Waals surface area contributed by atoms with Gasteiger partial charge < -0.3 is 25.6 Å². The van der Waals surface area contributed by atoms with Crippen LogP contribution in [0.25, 0.3) is 0 Å². The molecule has 31 heavy (non-hydrogen) atoms. The SMILES string of the molecule is CCNC(=NCCCN1CCCC1=O)NCCc1ccc(OCC(=O)NC2CC2)cc1. The van der Waals surface area contributed by atoms with Crippen molar-refractivity contribution in [1.82, 2.24) is 20.9 Å². The average molecular weight is 430 g/mol. The van der Waals surface area contributed by atoms with Gasteiger partial charge in [-0.2, -0.15) is 0 Å². The van der Waals surface area contributed by atoms with Crippen LogP contribution in [0.1, 0.15) is 44.6 Å². The van der Waals surface area contributed by atoms with Crippen molar-refractivity contribution in [3.63, 3.8) is 0 Å². The van der Waals surface area contributed by atoms with Gasteiger partial charge in [0.1, 0.15) is 5.75 Å². The van der Waals surface area contributed by atoms with Gasteiger partial charge in [0, 0.05) is 45.2 Å². The van der Waals surface area contributed by atoms with E-state index in [2.05, 4.69) is 20.9 Å². The van der Waals surface area contributed by atoms with Crippen LogP contribution in [0.15, 0.2) is 29.3 Å². The maximum absolute atomic E-state index is 11.7. The Morgan fingerprint density at radius 1 is 1.23 bits per heavy atom. The highest BCUT2D eigenvalue weighted by atomic mass is 16.5. The van der Waals surface area contributed by atoms with E-state index in [-0.39, 0.29) is 18.4 Å². The number of ether oxygens (including phenoxy) is 1. The van der Waals surface area contributed by atoms with E-state index < -0.39 is 0 Å². The highest BCUT2D eigenvalue weighted by Crippen LogP contribution is 2.18. The number of aliphatic imine (C=N–C) groups is 1. The van der Waals surface area contributed by atoms with E-state index in [4.69, 9.17) is 4.74 Å². The molecule has 1 aliphatic heterocycles. The summed E-state index contributed by atoms with van der Waals surface area (Å²) in [4.78, 5) is 29.9. The van der Waals surface area contributed by atoms with Crippen LogP contribution in [0.3, 0.4) is 0 Å². The first-order valence-corrected chi connectivity index (χ1v) is 11.4. The number of carbonyl (C=O) groups is 2. The molecule has 0 aromatic heterocycles. The van der Waals surface area contributed by atoms with E-state index in [9.17, 15) is 9.59 Å². The molecular formula is C23H35N5O3. The van der Waals surface area contributed by atoms with Crippen molar-refractivity contribution < 1.29 is 14.3 Å². The zero-order valence-electron chi connectivity index (χ0n) is 18.5. The minimum atomic E-state index is -0.0574. The summed E-state index contributed by atoms with van der Waals surface area (Å²) in [6.45, 7) is 6.04. The van der Waals surface area contributed by atoms with Crippen LogP contribution in [0.5, 0.6) is 5.75 Å². The molecule has 3 rings (SSSR count). The quantitative estimate of drug-likeness (QED) is 0.266. The smallest absolute Gasteiger partial charge is 0.258 e. The summed E-state index contributed by atoms with van der Waals surface area (Å²) in [6.07, 6.45) is 5.56. The van der Waals surface area contributed by atoms with Crippen molar-refractivity contribution in [3.8, 4) is 5.75 Å². The fourth-order valence-corrected chi connectivity index (χ4v) is 3.46. The van der Waals surface area contributed by atoms with Gasteiger partial charge in [-0.3, -0.25) is 14.6 Å². The third-order valence-corrected chi connectivity index (χ3v) is 5.31. The highest BCUT2D eigenvalue weighted by molar-refractivity contribution is 5.80. The van der Waals surface area contributed by atoms with Gasteiger partial charge in [0.05, 0.1) is 0 Å². The summed E-state index contributed by atoms with van der Waals surface area (Å²) in [7, 11) is 0. The second kappa shape index (κ2) is 12.2. The first kappa shape index (κ1) is 22.9. The Bertz CT molecular complexity index is 746. The molecule has 8 heteroatoms. The molecule has 0 atom stereocenters. The first-order valence-electron chi connectivity index (χ1n) is 11.4. The number of guanidine groups is 1. The summed E-state index contributed by atoms with van der Waals surface area (Å²) in [5.74, 6) is 1.72. The standard InChI is InChI=1S/C23H35N5O3/c1-2-24-23(25-13-4-16-28-15-3-5-22(28)30)26-14-12-18-6-10-20(11-7-18)31-17-21(29)27-19-8-9-19/h6-7,10-11,19H,2-5,8-9,12-17H2,1H3,(H,27,29)(H2,24,25,26). The number of benzene rings is 1. The molecule has 8 nitrogen and oxygen atoms in total. The molecule has 1 aliphatic carbocycles. The van der Waals surface area contributed by atoms with Gasteiger partial charge in [-0.15, -0.1) is 0 Å². The molecule has 1 heterocycles. The molecule has 0 radical (unpaired) electrons. The highest BCUT2D eigenvalue weighted by Gasteiger charge is 2.23. The number of nitrogens with one attached hydrogen (secondary N) is 3. The van der Waals surface area contributed by atoms with Crippen LogP contribution in [0.4, 0.5) is 0 Å². The minimum absolute atomic E-state index is 0.0574. The fourth-order valence-electron chi connectivity index (χ4n) is 3.46. The number of rotatable bonds is 12. The van der Waals surface area contributed by atoms with Crippen molar-refractivity contribution in [3.05, 3.63) is 29.8 Å². The molecule has 1 saturated carbocycles. The fraction of sp³-hybridized carbons (Fsp3) is 0.609. The Morgan fingerprint density at radius 2 is 2.03 bits per heavy atom. The maximum Gasteiger partial charge on any atom is 0.258 e. The second-order valence-corrected chi connectivity index (χ2v) is 8.05. The molecule has 3 N–H and O–H groups in total. The lowest BCUT2D eigenvalue weighted by atomic mass is 10.1. The molecule has 2 amide bonds. The van der Waals surface area contributed by atoms with Crippen LogP contribution in [0, 0.1) is 0 Å². The zero-order chi connectivity index (χ0) is 21.9. The second-order valence-electron chi connectivity index (χ2n) is 8.05. The van der Waals surface area contributed by atoms with Crippen LogP contribution in [0.2, 0.25) is 0 Å². The third kappa shape index (κ3) is 8.47. The molecule has 0 spiro atoms. The summed E-state index contributed by atoms with van der Waals surface area (Å²) in [6, 6.07) is 8.20. The molecule has 1 aromatic rings. The van der Waals surface area contributed by atoms with E-state index in [1.807, 2.05) is 36.1 Å². The van der Waals surface area contributed by atoms with Crippen LogP contribution in [-0.4, -0.2) is 68.0 Å². The molecule has 2 fully saturated rings. The first-order chi connectivity index (χ1) is 15.1. The topological polar surface area (TPSA) is 95.1 Å². The van der Waals surface area contributed by atoms with Crippen molar-refractivity contribution in [2.24, 2.45) is 4.99 Å². The van der Waals surface area contributed by atoms with Crippen molar-refractivity contribution in [2.75, 3.05) is 39.3 Å². The van der Waals surface area contributed by atoms with Gasteiger partial charge in [-0.05, 0) is 56.7 Å². The molecule has 170 valence electrons. The lowest BCUT2D eigenvalue weighted by Gasteiger charge is -2.15. The Labute approximate surface area is 184 Å². The Hall–Kier alpha value is -2.77. The van der Waals surface area contributed by atoms with Crippen molar-refractivity contribution >= 4 is 17.8 Å². The Morgan fingerprint density at radius 3 is 2.71 bits per heavy atom. The van der Waals surface area contributed by atoms with E-state index in [1.165, 1.54) is 5.56 Å². The number of carbonyl (C=O) groups excluding carboxylic acids is 2. The largest absolute Gasteiger partial charge is 0.484 e. The Kier molecular flexibility index (Phi) is 8.99. The molecule has 0 unspecified atom stereocenters. The number of hydrogen-bond acceptors (Lipinski definition) is 4. The van der Waals surface area contributed by atoms with Crippen LogP contribution in [-0.2, 0) is 16.0 Å². The normalized spacial score (nSPS) is 16.4. The molecular weight excluding hydrogens is 394 g/mol.